The van der Waals surface area contributed by atoms with Crippen molar-refractivity contribution >= 4 is 35.1 Å². The summed E-state index contributed by atoms with van der Waals surface area (Å²) in [5, 5.41) is 4.45. The van der Waals surface area contributed by atoms with E-state index in [9.17, 15) is 19.2 Å². The topological polar surface area (TPSA) is 103 Å². The Morgan fingerprint density at radius 2 is 1.86 bits per heavy atom. The standard InChI is InChI=1S/C19H20N4O5S/c1-19(14-5-2-10-28-14)17(26)23(18(27)20-19)12-15(24)21-6-8-22(9-7-21)16(25)13-4-3-11-29-13/h2-5,10-11H,6-9,12H2,1H3,(H,20,27). The molecule has 0 spiro atoms. The summed E-state index contributed by atoms with van der Waals surface area (Å²) in [5.41, 5.74) is -1.33. The number of carbonyl (C=O) groups is 4. The number of rotatable bonds is 4. The molecule has 1 atom stereocenters. The Hall–Kier alpha value is -3.14. The molecular weight excluding hydrogens is 396 g/mol. The molecule has 2 aliphatic heterocycles. The maximum atomic E-state index is 12.8. The normalized spacial score (nSPS) is 22.2. The monoisotopic (exact) mass is 416 g/mol. The highest BCUT2D eigenvalue weighted by molar-refractivity contribution is 7.12. The molecule has 4 heterocycles. The molecule has 29 heavy (non-hydrogen) atoms. The number of urea groups is 1. The lowest BCUT2D eigenvalue weighted by molar-refractivity contribution is -0.140. The molecule has 1 unspecified atom stereocenters. The second-order valence-corrected chi connectivity index (χ2v) is 8.02. The van der Waals surface area contributed by atoms with Crippen LogP contribution in [0.25, 0.3) is 0 Å². The van der Waals surface area contributed by atoms with Crippen LogP contribution in [0.15, 0.2) is 40.3 Å². The van der Waals surface area contributed by atoms with E-state index in [-0.39, 0.29) is 18.4 Å². The predicted octanol–water partition coefficient (Wildman–Crippen LogP) is 1.09. The van der Waals surface area contributed by atoms with Gasteiger partial charge in [-0.1, -0.05) is 6.07 Å². The fraction of sp³-hybridized carbons (Fsp3) is 0.368. The molecule has 4 rings (SSSR count). The van der Waals surface area contributed by atoms with Crippen LogP contribution < -0.4 is 5.32 Å². The van der Waals surface area contributed by atoms with Crippen LogP contribution in [0, 0.1) is 0 Å². The number of thiophene rings is 1. The molecule has 10 heteroatoms. The van der Waals surface area contributed by atoms with Crippen molar-refractivity contribution in [3.63, 3.8) is 0 Å². The molecular formula is C19H20N4O5S. The number of hydrogen-bond donors (Lipinski definition) is 1. The number of piperazine rings is 1. The molecule has 9 nitrogen and oxygen atoms in total. The van der Waals surface area contributed by atoms with Crippen LogP contribution in [0.2, 0.25) is 0 Å². The largest absolute Gasteiger partial charge is 0.466 e. The fourth-order valence-corrected chi connectivity index (χ4v) is 4.21. The van der Waals surface area contributed by atoms with Crippen LogP contribution in [0.5, 0.6) is 0 Å². The molecule has 1 N–H and O–H groups in total. The van der Waals surface area contributed by atoms with Gasteiger partial charge in [-0.25, -0.2) is 4.79 Å². The van der Waals surface area contributed by atoms with E-state index >= 15 is 0 Å². The highest BCUT2D eigenvalue weighted by Gasteiger charge is 2.51. The first kappa shape index (κ1) is 19.2. The van der Waals surface area contributed by atoms with Gasteiger partial charge in [0.1, 0.15) is 12.3 Å². The second-order valence-electron chi connectivity index (χ2n) is 7.07. The van der Waals surface area contributed by atoms with Gasteiger partial charge in [0.15, 0.2) is 5.54 Å². The molecule has 0 bridgehead atoms. The van der Waals surface area contributed by atoms with Crippen molar-refractivity contribution in [2.24, 2.45) is 0 Å². The molecule has 2 aliphatic rings. The van der Waals surface area contributed by atoms with Crippen molar-refractivity contribution in [2.75, 3.05) is 32.7 Å². The zero-order valence-electron chi connectivity index (χ0n) is 15.8. The van der Waals surface area contributed by atoms with E-state index < -0.39 is 17.5 Å². The summed E-state index contributed by atoms with van der Waals surface area (Å²) in [5.74, 6) is -0.598. The van der Waals surface area contributed by atoms with Gasteiger partial charge in [0.25, 0.3) is 11.8 Å². The van der Waals surface area contributed by atoms with E-state index in [1.54, 1.807) is 34.9 Å². The molecule has 152 valence electrons. The Morgan fingerprint density at radius 3 is 2.48 bits per heavy atom. The van der Waals surface area contributed by atoms with Gasteiger partial charge in [-0.2, -0.15) is 0 Å². The van der Waals surface area contributed by atoms with Crippen LogP contribution in [-0.2, 0) is 15.1 Å². The van der Waals surface area contributed by atoms with E-state index in [4.69, 9.17) is 4.42 Å². The second kappa shape index (κ2) is 7.36. The predicted molar refractivity (Wildman–Crippen MR) is 103 cm³/mol. The number of nitrogens with one attached hydrogen (secondary N) is 1. The molecule has 5 amide bonds. The summed E-state index contributed by atoms with van der Waals surface area (Å²) < 4.78 is 5.28. The lowest BCUT2D eigenvalue weighted by Crippen LogP contribution is -2.53. The summed E-state index contributed by atoms with van der Waals surface area (Å²) in [6, 6.07) is 6.21. The van der Waals surface area contributed by atoms with Crippen LogP contribution >= 0.6 is 11.3 Å². The van der Waals surface area contributed by atoms with Crippen molar-refractivity contribution < 1.29 is 23.6 Å². The molecule has 2 fully saturated rings. The molecule has 0 aliphatic carbocycles. The lowest BCUT2D eigenvalue weighted by Gasteiger charge is -2.35. The smallest absolute Gasteiger partial charge is 0.325 e. The summed E-state index contributed by atoms with van der Waals surface area (Å²) in [4.78, 5) is 55.0. The number of imide groups is 1. The quantitative estimate of drug-likeness (QED) is 0.752. The zero-order chi connectivity index (χ0) is 20.6. The Balaban J connectivity index is 1.36. The van der Waals surface area contributed by atoms with E-state index in [2.05, 4.69) is 5.32 Å². The maximum absolute atomic E-state index is 12.8. The summed E-state index contributed by atoms with van der Waals surface area (Å²) >= 11 is 1.38. The van der Waals surface area contributed by atoms with Gasteiger partial charge < -0.3 is 19.5 Å². The van der Waals surface area contributed by atoms with Crippen LogP contribution in [0.3, 0.4) is 0 Å². The van der Waals surface area contributed by atoms with E-state index in [0.29, 0.717) is 36.8 Å². The van der Waals surface area contributed by atoms with Crippen LogP contribution in [0.1, 0.15) is 22.4 Å². The number of furan rings is 1. The first-order valence-electron chi connectivity index (χ1n) is 9.19. The van der Waals surface area contributed by atoms with Gasteiger partial charge in [-0.15, -0.1) is 11.3 Å². The van der Waals surface area contributed by atoms with E-state index in [1.807, 2.05) is 11.4 Å². The fourth-order valence-electron chi connectivity index (χ4n) is 3.52. The zero-order valence-corrected chi connectivity index (χ0v) is 16.6. The minimum atomic E-state index is -1.33. The minimum absolute atomic E-state index is 0.0459. The van der Waals surface area contributed by atoms with Crippen LogP contribution in [-0.4, -0.2) is 71.2 Å². The highest BCUT2D eigenvalue weighted by atomic mass is 32.1. The van der Waals surface area contributed by atoms with Gasteiger partial charge in [-0.05, 0) is 30.5 Å². The SMILES string of the molecule is CC1(c2ccco2)NC(=O)N(CC(=O)N2CCN(C(=O)c3cccs3)CC2)C1=O. The number of nitrogens with zero attached hydrogens (tertiary/aromatic N) is 3. The lowest BCUT2D eigenvalue weighted by atomic mass is 9.99. The van der Waals surface area contributed by atoms with Crippen molar-refractivity contribution in [3.8, 4) is 0 Å². The van der Waals surface area contributed by atoms with Gasteiger partial charge in [0.2, 0.25) is 5.91 Å². The van der Waals surface area contributed by atoms with E-state index in [0.717, 1.165) is 4.90 Å². The van der Waals surface area contributed by atoms with Gasteiger partial charge >= 0.3 is 6.03 Å². The molecule has 0 aromatic carbocycles. The van der Waals surface area contributed by atoms with Gasteiger partial charge in [-0.3, -0.25) is 19.3 Å². The molecule has 0 saturated carbocycles. The Kier molecular flexibility index (Phi) is 4.87. The third-order valence-electron chi connectivity index (χ3n) is 5.23. The number of carbonyl (C=O) groups excluding carboxylic acids is 4. The number of hydrogen-bond acceptors (Lipinski definition) is 6. The van der Waals surface area contributed by atoms with Crippen molar-refractivity contribution in [1.82, 2.24) is 20.0 Å². The highest BCUT2D eigenvalue weighted by Crippen LogP contribution is 2.29. The molecule has 2 aromatic heterocycles. The minimum Gasteiger partial charge on any atom is -0.466 e. The molecule has 2 aromatic rings. The summed E-state index contributed by atoms with van der Waals surface area (Å²) in [7, 11) is 0. The average molecular weight is 416 g/mol. The first-order valence-corrected chi connectivity index (χ1v) is 10.1. The average Bonchev–Trinajstić information content (AvgIpc) is 3.47. The van der Waals surface area contributed by atoms with Gasteiger partial charge in [0.05, 0.1) is 11.1 Å². The van der Waals surface area contributed by atoms with Gasteiger partial charge in [0, 0.05) is 26.2 Å². The van der Waals surface area contributed by atoms with Crippen molar-refractivity contribution in [2.45, 2.75) is 12.5 Å². The summed E-state index contributed by atoms with van der Waals surface area (Å²) in [6.07, 6.45) is 1.42. The van der Waals surface area contributed by atoms with Crippen LogP contribution in [0.4, 0.5) is 4.79 Å². The molecule has 0 radical (unpaired) electrons. The Labute approximate surface area is 170 Å². The summed E-state index contributed by atoms with van der Waals surface area (Å²) in [6.45, 7) is 2.73. The maximum Gasteiger partial charge on any atom is 0.325 e. The third-order valence-corrected chi connectivity index (χ3v) is 6.09. The first-order chi connectivity index (χ1) is 13.9. The Morgan fingerprint density at radius 1 is 1.14 bits per heavy atom. The van der Waals surface area contributed by atoms with Crippen molar-refractivity contribution in [1.29, 1.82) is 0 Å². The Bertz CT molecular complexity index is 934. The third kappa shape index (κ3) is 3.39. The van der Waals surface area contributed by atoms with Crippen molar-refractivity contribution in [3.05, 3.63) is 46.5 Å². The molecule has 2 saturated heterocycles. The number of amides is 5. The van der Waals surface area contributed by atoms with E-state index in [1.165, 1.54) is 17.6 Å².